The summed E-state index contributed by atoms with van der Waals surface area (Å²) < 4.78 is 7.93. The van der Waals surface area contributed by atoms with E-state index < -0.39 is 0 Å². The number of ether oxygens (including phenoxy) is 1. The molecule has 3 rings (SSSR count). The molecule has 2 aromatic heterocycles. The van der Waals surface area contributed by atoms with Crippen LogP contribution in [0.25, 0.3) is 5.65 Å². The van der Waals surface area contributed by atoms with Crippen LogP contribution in [-0.4, -0.2) is 21.5 Å². The van der Waals surface area contributed by atoms with Crippen molar-refractivity contribution in [3.05, 3.63) is 52.5 Å². The summed E-state index contributed by atoms with van der Waals surface area (Å²) in [6.07, 6.45) is 3.75. The van der Waals surface area contributed by atoms with Crippen LogP contribution in [0.1, 0.15) is 25.1 Å². The summed E-state index contributed by atoms with van der Waals surface area (Å²) in [7, 11) is 1.66. The van der Waals surface area contributed by atoms with Gasteiger partial charge in [0, 0.05) is 24.6 Å². The Morgan fingerprint density at radius 1 is 1.22 bits per heavy atom. The molecular formula is C17H21BrN4O. The zero-order chi connectivity index (χ0) is 16.8. The molecule has 0 spiro atoms. The second-order valence-corrected chi connectivity index (χ2v) is 5.52. The van der Waals surface area contributed by atoms with Crippen LogP contribution in [0, 0.1) is 6.92 Å². The number of hydrogen-bond acceptors (Lipinski definition) is 4. The molecular weight excluding hydrogens is 356 g/mol. The van der Waals surface area contributed by atoms with Crippen molar-refractivity contribution in [2.45, 2.75) is 27.3 Å². The summed E-state index contributed by atoms with van der Waals surface area (Å²) in [5.41, 5.74) is 3.05. The molecule has 0 fully saturated rings. The predicted octanol–water partition coefficient (Wildman–Crippen LogP) is 4.45. The number of aromatic nitrogens is 3. The summed E-state index contributed by atoms with van der Waals surface area (Å²) in [6, 6.07) is 7.94. The molecule has 0 aliphatic heterocycles. The van der Waals surface area contributed by atoms with Gasteiger partial charge in [-0.1, -0.05) is 26.0 Å². The minimum absolute atomic E-state index is 0.676. The fourth-order valence-corrected chi connectivity index (χ4v) is 2.51. The van der Waals surface area contributed by atoms with Crippen molar-refractivity contribution in [1.29, 1.82) is 0 Å². The van der Waals surface area contributed by atoms with Gasteiger partial charge in [-0.25, -0.2) is 9.97 Å². The molecule has 0 unspecified atom stereocenters. The molecule has 2 heterocycles. The maximum absolute atomic E-state index is 5.16. The van der Waals surface area contributed by atoms with Gasteiger partial charge in [-0.15, -0.1) is 0 Å². The lowest BCUT2D eigenvalue weighted by molar-refractivity contribution is 0.414. The monoisotopic (exact) mass is 376 g/mol. The average Bonchev–Trinajstić information content (AvgIpc) is 2.96. The zero-order valence-electron chi connectivity index (χ0n) is 13.8. The quantitative estimate of drug-likeness (QED) is 0.730. The molecule has 0 aliphatic carbocycles. The van der Waals surface area contributed by atoms with Gasteiger partial charge in [-0.3, -0.25) is 4.40 Å². The first kappa shape index (κ1) is 17.3. The number of rotatable bonds is 4. The second-order valence-electron chi connectivity index (χ2n) is 4.71. The molecule has 1 N–H and O–H groups in total. The number of aryl methyl sites for hydroxylation is 1. The maximum Gasteiger partial charge on any atom is 0.180 e. The molecule has 5 nitrogen and oxygen atoms in total. The molecule has 0 saturated carbocycles. The van der Waals surface area contributed by atoms with Crippen molar-refractivity contribution in [3.8, 4) is 5.75 Å². The largest absolute Gasteiger partial charge is 0.497 e. The Balaban J connectivity index is 0.000000924. The van der Waals surface area contributed by atoms with Gasteiger partial charge >= 0.3 is 0 Å². The lowest BCUT2D eigenvalue weighted by atomic mass is 10.2. The Hall–Kier alpha value is -2.08. The van der Waals surface area contributed by atoms with E-state index in [4.69, 9.17) is 4.74 Å². The number of imidazole rings is 1. The van der Waals surface area contributed by atoms with Crippen LogP contribution in [0.5, 0.6) is 5.75 Å². The Morgan fingerprint density at radius 3 is 2.57 bits per heavy atom. The van der Waals surface area contributed by atoms with Crippen LogP contribution in [-0.2, 0) is 6.54 Å². The van der Waals surface area contributed by atoms with E-state index >= 15 is 0 Å². The third-order valence-corrected chi connectivity index (χ3v) is 3.65. The van der Waals surface area contributed by atoms with E-state index in [-0.39, 0.29) is 0 Å². The third-order valence-electron chi connectivity index (χ3n) is 3.27. The van der Waals surface area contributed by atoms with E-state index in [1.807, 2.05) is 61.8 Å². The van der Waals surface area contributed by atoms with Gasteiger partial charge in [0.05, 0.1) is 7.11 Å². The number of methoxy groups -OCH3 is 1. The molecule has 6 heteroatoms. The lowest BCUT2D eigenvalue weighted by Crippen LogP contribution is -2.04. The van der Waals surface area contributed by atoms with E-state index in [1.54, 1.807) is 7.11 Å². The molecule has 0 radical (unpaired) electrons. The Morgan fingerprint density at radius 2 is 1.91 bits per heavy atom. The summed E-state index contributed by atoms with van der Waals surface area (Å²) in [6.45, 7) is 6.69. The molecule has 0 bridgehead atoms. The van der Waals surface area contributed by atoms with E-state index in [0.29, 0.717) is 6.54 Å². The summed E-state index contributed by atoms with van der Waals surface area (Å²) in [5, 5.41) is 3.33. The SMILES string of the molecule is CC.COc1ccc(CNc2nc(Br)cn3c(C)cnc23)cc1. The van der Waals surface area contributed by atoms with Crippen LogP contribution >= 0.6 is 15.9 Å². The minimum atomic E-state index is 0.676. The lowest BCUT2D eigenvalue weighted by Gasteiger charge is -2.09. The van der Waals surface area contributed by atoms with E-state index in [9.17, 15) is 0 Å². The van der Waals surface area contributed by atoms with Gasteiger partial charge < -0.3 is 10.1 Å². The molecule has 3 aromatic rings. The standard InChI is InChI=1S/C15H15BrN4O.C2H6/c1-10-7-18-15-14(19-13(16)9-20(10)15)17-8-11-3-5-12(21-2)6-4-11;1-2/h3-7,9H,8H2,1-2H3,(H,17,19);1-2H3. The van der Waals surface area contributed by atoms with Gasteiger partial charge in [0.15, 0.2) is 11.5 Å². The normalized spacial score (nSPS) is 10.1. The average molecular weight is 377 g/mol. The third kappa shape index (κ3) is 4.01. The minimum Gasteiger partial charge on any atom is -0.497 e. The highest BCUT2D eigenvalue weighted by molar-refractivity contribution is 9.10. The van der Waals surface area contributed by atoms with Crippen molar-refractivity contribution >= 4 is 27.4 Å². The molecule has 0 amide bonds. The Labute approximate surface area is 144 Å². The summed E-state index contributed by atoms with van der Waals surface area (Å²) >= 11 is 3.43. The zero-order valence-corrected chi connectivity index (χ0v) is 15.4. The maximum atomic E-state index is 5.16. The van der Waals surface area contributed by atoms with Gasteiger partial charge in [0.25, 0.3) is 0 Å². The first-order valence-electron chi connectivity index (χ1n) is 7.54. The van der Waals surface area contributed by atoms with E-state index in [1.165, 1.54) is 0 Å². The van der Waals surface area contributed by atoms with Crippen LogP contribution < -0.4 is 10.1 Å². The Bertz CT molecular complexity index is 768. The molecule has 23 heavy (non-hydrogen) atoms. The van der Waals surface area contributed by atoms with Crippen molar-refractivity contribution in [3.63, 3.8) is 0 Å². The fourth-order valence-electron chi connectivity index (χ4n) is 2.12. The van der Waals surface area contributed by atoms with Gasteiger partial charge in [0.2, 0.25) is 0 Å². The number of nitrogens with one attached hydrogen (secondary N) is 1. The first-order valence-corrected chi connectivity index (χ1v) is 8.33. The Kier molecular flexibility index (Phi) is 5.98. The molecule has 122 valence electrons. The van der Waals surface area contributed by atoms with Gasteiger partial charge in [0.1, 0.15) is 10.4 Å². The van der Waals surface area contributed by atoms with Crippen molar-refractivity contribution in [1.82, 2.24) is 14.4 Å². The van der Waals surface area contributed by atoms with E-state index in [0.717, 1.165) is 33.1 Å². The summed E-state index contributed by atoms with van der Waals surface area (Å²) in [5.74, 6) is 1.61. The van der Waals surface area contributed by atoms with Crippen LogP contribution in [0.3, 0.4) is 0 Å². The van der Waals surface area contributed by atoms with Crippen LogP contribution in [0.15, 0.2) is 41.3 Å². The second kappa shape index (κ2) is 7.97. The number of halogens is 1. The number of nitrogens with zero attached hydrogens (tertiary/aromatic N) is 3. The molecule has 0 aliphatic rings. The highest BCUT2D eigenvalue weighted by Crippen LogP contribution is 2.20. The van der Waals surface area contributed by atoms with Gasteiger partial charge in [-0.2, -0.15) is 0 Å². The predicted molar refractivity (Wildman–Crippen MR) is 97.1 cm³/mol. The van der Waals surface area contributed by atoms with Crippen molar-refractivity contribution < 1.29 is 4.74 Å². The van der Waals surface area contributed by atoms with Crippen molar-refractivity contribution in [2.75, 3.05) is 12.4 Å². The molecule has 1 aromatic carbocycles. The first-order chi connectivity index (χ1) is 11.2. The molecule has 0 saturated heterocycles. The van der Waals surface area contributed by atoms with Gasteiger partial charge in [-0.05, 0) is 40.5 Å². The highest BCUT2D eigenvalue weighted by atomic mass is 79.9. The van der Waals surface area contributed by atoms with E-state index in [2.05, 4.69) is 31.2 Å². The van der Waals surface area contributed by atoms with Crippen LogP contribution in [0.4, 0.5) is 5.82 Å². The van der Waals surface area contributed by atoms with Crippen LogP contribution in [0.2, 0.25) is 0 Å². The highest BCUT2D eigenvalue weighted by Gasteiger charge is 2.08. The van der Waals surface area contributed by atoms with Crippen molar-refractivity contribution in [2.24, 2.45) is 0 Å². The fraction of sp³-hybridized carbons (Fsp3) is 0.294. The number of anilines is 1. The summed E-state index contributed by atoms with van der Waals surface area (Å²) in [4.78, 5) is 8.86. The number of benzene rings is 1. The topological polar surface area (TPSA) is 51.5 Å². The number of hydrogen-bond donors (Lipinski definition) is 1. The smallest absolute Gasteiger partial charge is 0.180 e. The number of fused-ring (bicyclic) bond motifs is 1. The molecule has 0 atom stereocenters.